The lowest BCUT2D eigenvalue weighted by Crippen LogP contribution is -2.32. The molecule has 4 unspecified atom stereocenters. The van der Waals surface area contributed by atoms with Gasteiger partial charge in [0.1, 0.15) is 6.10 Å². The van der Waals surface area contributed by atoms with Gasteiger partial charge in [-0.1, -0.05) is 19.4 Å². The second-order valence-electron chi connectivity index (χ2n) is 10.8. The van der Waals surface area contributed by atoms with Crippen LogP contribution in [-0.4, -0.2) is 30.2 Å². The normalized spacial score (nSPS) is 22.5. The predicted molar refractivity (Wildman–Crippen MR) is 133 cm³/mol. The van der Waals surface area contributed by atoms with Crippen molar-refractivity contribution in [1.29, 1.82) is 0 Å². The lowest BCUT2D eigenvalue weighted by molar-refractivity contribution is -0.143. The third-order valence-corrected chi connectivity index (χ3v) is 8.15. The molecule has 0 saturated carbocycles. The van der Waals surface area contributed by atoms with E-state index in [1.807, 2.05) is 6.92 Å². The van der Waals surface area contributed by atoms with E-state index in [1.165, 1.54) is 13.0 Å². The molecule has 4 nitrogen and oxygen atoms in total. The van der Waals surface area contributed by atoms with Crippen LogP contribution in [0, 0.1) is 11.8 Å². The van der Waals surface area contributed by atoms with Crippen molar-refractivity contribution in [2.45, 2.75) is 76.8 Å². The molecule has 2 aliphatic rings. The Labute approximate surface area is 236 Å². The van der Waals surface area contributed by atoms with Crippen LogP contribution in [-0.2, 0) is 41.0 Å². The third-order valence-electron chi connectivity index (χ3n) is 8.15. The molecule has 0 radical (unpaired) electrons. The van der Waals surface area contributed by atoms with Gasteiger partial charge in [-0.3, -0.25) is 4.90 Å². The Balaban J connectivity index is 1.63. The SMILES string of the molecule is CCC(CCc1ccc(C(F)(F)F)cc1CN1C(=O)OC(c2cc(C(F)(F)F)cc(C(F)(F)F)c2)C1C)C1CCOC1. The molecule has 2 heterocycles. The maximum Gasteiger partial charge on any atom is 0.416 e. The van der Waals surface area contributed by atoms with Gasteiger partial charge in [-0.2, -0.15) is 39.5 Å². The average molecular weight is 612 g/mol. The first-order chi connectivity index (χ1) is 19.5. The average Bonchev–Trinajstić information content (AvgIpc) is 3.52. The summed E-state index contributed by atoms with van der Waals surface area (Å²) >= 11 is 0. The molecule has 232 valence electrons. The summed E-state index contributed by atoms with van der Waals surface area (Å²) < 4.78 is 132. The number of carbonyl (C=O) groups excluding carboxylic acids is 1. The molecule has 2 aromatic carbocycles. The van der Waals surface area contributed by atoms with Gasteiger partial charge in [-0.25, -0.2) is 4.79 Å². The van der Waals surface area contributed by atoms with Crippen LogP contribution in [0.15, 0.2) is 36.4 Å². The highest BCUT2D eigenvalue weighted by molar-refractivity contribution is 5.71. The van der Waals surface area contributed by atoms with E-state index in [0.717, 1.165) is 29.9 Å². The van der Waals surface area contributed by atoms with Gasteiger partial charge in [0, 0.05) is 19.8 Å². The zero-order valence-electron chi connectivity index (χ0n) is 22.8. The zero-order valence-corrected chi connectivity index (χ0v) is 22.8. The molecule has 0 spiro atoms. The largest absolute Gasteiger partial charge is 0.439 e. The summed E-state index contributed by atoms with van der Waals surface area (Å²) in [6, 6.07) is 3.09. The quantitative estimate of drug-likeness (QED) is 0.280. The highest BCUT2D eigenvalue weighted by Gasteiger charge is 2.43. The number of aryl methyl sites for hydroxylation is 1. The fourth-order valence-corrected chi connectivity index (χ4v) is 5.72. The van der Waals surface area contributed by atoms with E-state index in [2.05, 4.69) is 0 Å². The van der Waals surface area contributed by atoms with Gasteiger partial charge in [0.2, 0.25) is 0 Å². The minimum Gasteiger partial charge on any atom is -0.439 e. The van der Waals surface area contributed by atoms with E-state index in [1.54, 1.807) is 0 Å². The van der Waals surface area contributed by atoms with Crippen LogP contribution in [0.3, 0.4) is 0 Å². The molecular weight excluding hydrogens is 581 g/mol. The monoisotopic (exact) mass is 611 g/mol. The molecule has 0 N–H and O–H groups in total. The maximum absolute atomic E-state index is 13.6. The van der Waals surface area contributed by atoms with Crippen LogP contribution < -0.4 is 0 Å². The summed E-state index contributed by atoms with van der Waals surface area (Å²) in [5.74, 6) is 0.600. The number of cyclic esters (lactones) is 1. The number of ether oxygens (including phenoxy) is 2. The van der Waals surface area contributed by atoms with Crippen molar-refractivity contribution in [1.82, 2.24) is 4.90 Å². The van der Waals surface area contributed by atoms with Gasteiger partial charge >= 0.3 is 24.6 Å². The van der Waals surface area contributed by atoms with Crippen LogP contribution in [0.5, 0.6) is 0 Å². The zero-order chi connectivity index (χ0) is 31.0. The summed E-state index contributed by atoms with van der Waals surface area (Å²) in [7, 11) is 0. The van der Waals surface area contributed by atoms with Crippen molar-refractivity contribution in [3.8, 4) is 0 Å². The summed E-state index contributed by atoms with van der Waals surface area (Å²) in [5, 5.41) is 0. The molecule has 4 rings (SSSR count). The number of benzene rings is 2. The van der Waals surface area contributed by atoms with Gasteiger partial charge in [-0.15, -0.1) is 0 Å². The first kappa shape index (κ1) is 32.0. The number of hydrogen-bond acceptors (Lipinski definition) is 3. The topological polar surface area (TPSA) is 38.8 Å². The highest BCUT2D eigenvalue weighted by atomic mass is 19.4. The second-order valence-corrected chi connectivity index (χ2v) is 10.8. The van der Waals surface area contributed by atoms with Crippen LogP contribution in [0.4, 0.5) is 44.3 Å². The minimum atomic E-state index is -5.10. The highest BCUT2D eigenvalue weighted by Crippen LogP contribution is 2.41. The van der Waals surface area contributed by atoms with E-state index < -0.39 is 59.0 Å². The lowest BCUT2D eigenvalue weighted by atomic mass is 9.84. The van der Waals surface area contributed by atoms with Gasteiger partial charge in [0.15, 0.2) is 0 Å². The second kappa shape index (κ2) is 12.0. The van der Waals surface area contributed by atoms with Gasteiger partial charge in [0.05, 0.1) is 22.7 Å². The van der Waals surface area contributed by atoms with E-state index in [0.29, 0.717) is 49.7 Å². The molecule has 1 amide bonds. The number of rotatable bonds is 8. The van der Waals surface area contributed by atoms with E-state index in [9.17, 15) is 44.3 Å². The van der Waals surface area contributed by atoms with Crippen LogP contribution in [0.25, 0.3) is 0 Å². The molecule has 13 heteroatoms. The fraction of sp³-hybridized carbons (Fsp3) is 0.552. The van der Waals surface area contributed by atoms with Crippen LogP contribution in [0.2, 0.25) is 0 Å². The standard InChI is InChI=1S/C29H30F9NO3/c1-3-17(19-8-9-41-15-19)4-5-18-6-7-22(27(30,31)32)12-21(18)14-39-16(2)25(42-26(39)40)20-10-23(28(33,34)35)13-24(11-20)29(36,37)38/h6-7,10-13,16-17,19,25H,3-5,8-9,14-15H2,1-2H3. The number of halogens is 9. The Bertz CT molecular complexity index is 1230. The van der Waals surface area contributed by atoms with E-state index in [4.69, 9.17) is 9.47 Å². The number of amides is 1. The smallest absolute Gasteiger partial charge is 0.416 e. The van der Waals surface area contributed by atoms with Crippen molar-refractivity contribution < 1.29 is 53.8 Å². The van der Waals surface area contributed by atoms with Crippen molar-refractivity contribution in [2.24, 2.45) is 11.8 Å². The summed E-state index contributed by atoms with van der Waals surface area (Å²) in [5.41, 5.74) is -3.86. The predicted octanol–water partition coefficient (Wildman–Crippen LogP) is 8.82. The molecule has 2 fully saturated rings. The Kier molecular flexibility index (Phi) is 9.11. The fourth-order valence-electron chi connectivity index (χ4n) is 5.72. The van der Waals surface area contributed by atoms with Crippen molar-refractivity contribution in [3.05, 3.63) is 69.8 Å². The number of alkyl halides is 9. The molecule has 42 heavy (non-hydrogen) atoms. The van der Waals surface area contributed by atoms with Gasteiger partial charge in [-0.05, 0) is 85.0 Å². The molecule has 0 bridgehead atoms. The van der Waals surface area contributed by atoms with Crippen LogP contribution in [0.1, 0.15) is 72.6 Å². The Morgan fingerprint density at radius 2 is 1.50 bits per heavy atom. The van der Waals surface area contributed by atoms with Crippen molar-refractivity contribution in [2.75, 3.05) is 13.2 Å². The first-order valence-electron chi connectivity index (χ1n) is 13.5. The first-order valence-corrected chi connectivity index (χ1v) is 13.5. The van der Waals surface area contributed by atoms with Crippen molar-refractivity contribution >= 4 is 6.09 Å². The minimum absolute atomic E-state index is 0.0289. The Morgan fingerprint density at radius 3 is 2.02 bits per heavy atom. The molecule has 2 saturated heterocycles. The number of hydrogen-bond donors (Lipinski definition) is 0. The Hall–Kier alpha value is -2.96. The molecule has 2 aromatic rings. The lowest BCUT2D eigenvalue weighted by Gasteiger charge is -2.25. The summed E-state index contributed by atoms with van der Waals surface area (Å²) in [4.78, 5) is 13.9. The van der Waals surface area contributed by atoms with E-state index in [-0.39, 0.29) is 24.1 Å². The summed E-state index contributed by atoms with van der Waals surface area (Å²) in [6.07, 6.45) is -14.6. The third kappa shape index (κ3) is 7.15. The molecular formula is C29H30F9NO3. The summed E-state index contributed by atoms with van der Waals surface area (Å²) in [6.45, 7) is 4.28. The number of carbonyl (C=O) groups is 1. The van der Waals surface area contributed by atoms with E-state index >= 15 is 0 Å². The Morgan fingerprint density at radius 1 is 0.881 bits per heavy atom. The number of nitrogens with zero attached hydrogens (tertiary/aromatic N) is 1. The van der Waals surface area contributed by atoms with Gasteiger partial charge in [0.25, 0.3) is 0 Å². The molecule has 0 aliphatic carbocycles. The van der Waals surface area contributed by atoms with Crippen molar-refractivity contribution in [3.63, 3.8) is 0 Å². The van der Waals surface area contributed by atoms with Gasteiger partial charge < -0.3 is 9.47 Å². The molecule has 2 aliphatic heterocycles. The molecule has 4 atom stereocenters. The van der Waals surface area contributed by atoms with Crippen LogP contribution >= 0.6 is 0 Å². The maximum atomic E-state index is 13.6. The molecule has 0 aromatic heterocycles.